The van der Waals surface area contributed by atoms with Crippen molar-refractivity contribution in [3.05, 3.63) is 48.6 Å². The van der Waals surface area contributed by atoms with Gasteiger partial charge in [-0.1, -0.05) is 197 Å². The first kappa shape index (κ1) is 55.2. The van der Waals surface area contributed by atoms with Crippen LogP contribution in [0.4, 0.5) is 0 Å². The molecule has 59 heavy (non-hydrogen) atoms. The van der Waals surface area contributed by atoms with E-state index in [9.17, 15) is 30.3 Å². The molecule has 7 unspecified atom stereocenters. The monoisotopic (exact) mass is 834 g/mol. The van der Waals surface area contributed by atoms with Crippen LogP contribution in [0.3, 0.4) is 0 Å². The van der Waals surface area contributed by atoms with Crippen LogP contribution in [0.15, 0.2) is 48.6 Å². The Morgan fingerprint density at radius 3 is 1.56 bits per heavy atom. The zero-order valence-corrected chi connectivity index (χ0v) is 37.7. The highest BCUT2D eigenvalue weighted by molar-refractivity contribution is 5.76. The molecule has 0 aliphatic carbocycles. The third-order valence-corrected chi connectivity index (χ3v) is 11.4. The molecule has 0 bridgehead atoms. The Morgan fingerprint density at radius 2 is 1.05 bits per heavy atom. The molecule has 1 aliphatic rings. The number of carbonyl (C=O) groups is 1. The summed E-state index contributed by atoms with van der Waals surface area (Å²) in [7, 11) is 0. The maximum Gasteiger partial charge on any atom is 0.220 e. The molecule has 0 aromatic rings. The van der Waals surface area contributed by atoms with Crippen molar-refractivity contribution < 1.29 is 39.8 Å². The molecule has 6 N–H and O–H groups in total. The number of rotatable bonds is 40. The summed E-state index contributed by atoms with van der Waals surface area (Å²) < 4.78 is 11.3. The average Bonchev–Trinajstić information content (AvgIpc) is 3.23. The quantitative estimate of drug-likeness (QED) is 0.0264. The second-order valence-corrected chi connectivity index (χ2v) is 16.9. The number of amides is 1. The molecule has 1 heterocycles. The molecule has 1 amide bonds. The summed E-state index contributed by atoms with van der Waals surface area (Å²) in [5, 5.41) is 54.4. The van der Waals surface area contributed by atoms with Crippen molar-refractivity contribution in [3.8, 4) is 0 Å². The van der Waals surface area contributed by atoms with Gasteiger partial charge in [0.05, 0.1) is 25.4 Å². The fraction of sp³-hybridized carbons (Fsp3) is 0.820. The van der Waals surface area contributed by atoms with Gasteiger partial charge < -0.3 is 40.3 Å². The fourth-order valence-corrected chi connectivity index (χ4v) is 7.56. The molecule has 0 spiro atoms. The molecular weight excluding hydrogens is 743 g/mol. The lowest BCUT2D eigenvalue weighted by Gasteiger charge is -2.40. The summed E-state index contributed by atoms with van der Waals surface area (Å²) >= 11 is 0. The van der Waals surface area contributed by atoms with Gasteiger partial charge in [0.15, 0.2) is 6.29 Å². The zero-order chi connectivity index (χ0) is 43.0. The van der Waals surface area contributed by atoms with E-state index in [0.717, 1.165) is 77.0 Å². The fourth-order valence-electron chi connectivity index (χ4n) is 7.56. The topological polar surface area (TPSA) is 149 Å². The summed E-state index contributed by atoms with van der Waals surface area (Å²) in [5.41, 5.74) is 0. The average molecular weight is 834 g/mol. The first-order valence-corrected chi connectivity index (χ1v) is 24.3. The Hall–Kier alpha value is -1.85. The summed E-state index contributed by atoms with van der Waals surface area (Å²) in [5.74, 6) is -0.168. The van der Waals surface area contributed by atoms with Crippen LogP contribution < -0.4 is 5.32 Å². The molecule has 9 nitrogen and oxygen atoms in total. The highest BCUT2D eigenvalue weighted by atomic mass is 16.7. The maximum atomic E-state index is 13.0. The van der Waals surface area contributed by atoms with Crippen molar-refractivity contribution in [3.63, 3.8) is 0 Å². The Balaban J connectivity index is 2.32. The van der Waals surface area contributed by atoms with Crippen LogP contribution in [0, 0.1) is 0 Å². The number of ether oxygens (including phenoxy) is 2. The van der Waals surface area contributed by atoms with E-state index in [4.69, 9.17) is 9.47 Å². The normalized spacial score (nSPS) is 21.1. The standard InChI is InChI=1S/C50H91NO8/c1-3-5-7-9-11-13-15-17-19-21-22-24-25-27-29-31-33-35-37-39-44(53)43(42-58-50-49(57)48(56)47(55)45(41-52)59-50)51-46(54)40-38-36-34-32-30-28-26-23-20-18-16-14-12-10-8-6-4-2/h6,8,12,14,18,20,26,28,43-45,47-50,52-53,55-57H,3-5,7,9-11,13,15-17,19,21-25,27,29-42H2,1-2H3,(H,51,54)/b8-6-,14-12-,20-18-,28-26-. The Bertz CT molecular complexity index is 1060. The van der Waals surface area contributed by atoms with E-state index in [0.29, 0.717) is 12.8 Å². The first-order valence-electron chi connectivity index (χ1n) is 24.3. The summed E-state index contributed by atoms with van der Waals surface area (Å²) in [6.45, 7) is 3.71. The molecule has 9 heteroatoms. The number of unbranched alkanes of at least 4 members (excludes halogenated alkanes) is 22. The molecule has 1 rings (SSSR count). The third-order valence-electron chi connectivity index (χ3n) is 11.4. The van der Waals surface area contributed by atoms with Gasteiger partial charge in [0.2, 0.25) is 5.91 Å². The molecule has 0 aromatic carbocycles. The number of aliphatic hydroxyl groups excluding tert-OH is 5. The van der Waals surface area contributed by atoms with Crippen molar-refractivity contribution in [2.24, 2.45) is 0 Å². The number of aliphatic hydroxyl groups is 5. The Morgan fingerprint density at radius 1 is 0.593 bits per heavy atom. The van der Waals surface area contributed by atoms with Crippen molar-refractivity contribution in [2.75, 3.05) is 13.2 Å². The van der Waals surface area contributed by atoms with Crippen molar-refractivity contribution in [1.29, 1.82) is 0 Å². The largest absolute Gasteiger partial charge is 0.394 e. The van der Waals surface area contributed by atoms with Crippen LogP contribution >= 0.6 is 0 Å². The van der Waals surface area contributed by atoms with Crippen LogP contribution in [0.25, 0.3) is 0 Å². The summed E-state index contributed by atoms with van der Waals surface area (Å²) in [6.07, 6.45) is 44.0. The molecule has 1 fully saturated rings. The minimum atomic E-state index is -1.56. The summed E-state index contributed by atoms with van der Waals surface area (Å²) in [4.78, 5) is 13.0. The van der Waals surface area contributed by atoms with Gasteiger partial charge in [0.1, 0.15) is 24.4 Å². The number of allylic oxidation sites excluding steroid dienone is 8. The molecule has 0 saturated carbocycles. The van der Waals surface area contributed by atoms with Crippen LogP contribution in [-0.4, -0.2) is 87.5 Å². The first-order chi connectivity index (χ1) is 28.8. The van der Waals surface area contributed by atoms with E-state index in [1.807, 2.05) is 0 Å². The molecule has 0 radical (unpaired) electrons. The Labute approximate surface area is 361 Å². The van der Waals surface area contributed by atoms with E-state index in [1.165, 1.54) is 103 Å². The van der Waals surface area contributed by atoms with E-state index < -0.39 is 49.5 Å². The maximum absolute atomic E-state index is 13.0. The lowest BCUT2D eigenvalue weighted by atomic mass is 9.99. The minimum absolute atomic E-state index is 0.149. The lowest BCUT2D eigenvalue weighted by Crippen LogP contribution is -2.60. The van der Waals surface area contributed by atoms with Crippen LogP contribution in [0.5, 0.6) is 0 Å². The highest BCUT2D eigenvalue weighted by Crippen LogP contribution is 2.23. The van der Waals surface area contributed by atoms with Gasteiger partial charge in [-0.15, -0.1) is 0 Å². The molecular formula is C50H91NO8. The predicted octanol–water partition coefficient (Wildman–Crippen LogP) is 10.6. The third kappa shape index (κ3) is 30.8. The van der Waals surface area contributed by atoms with Gasteiger partial charge in [-0.25, -0.2) is 0 Å². The van der Waals surface area contributed by atoms with Crippen LogP contribution in [-0.2, 0) is 14.3 Å². The van der Waals surface area contributed by atoms with Crippen molar-refractivity contribution in [1.82, 2.24) is 5.32 Å². The SMILES string of the molecule is CC/C=C\C/C=C\C/C=C\C/C=C\CCCCCCC(=O)NC(COC1OC(CO)C(O)C(O)C1O)C(O)CCCCCCCCCCCCCCCCCCCCC. The van der Waals surface area contributed by atoms with Crippen molar-refractivity contribution in [2.45, 2.75) is 249 Å². The minimum Gasteiger partial charge on any atom is -0.394 e. The van der Waals surface area contributed by atoms with E-state index >= 15 is 0 Å². The van der Waals surface area contributed by atoms with Gasteiger partial charge in [-0.05, 0) is 51.4 Å². The number of hydrogen-bond donors (Lipinski definition) is 6. The predicted molar refractivity (Wildman–Crippen MR) is 244 cm³/mol. The van der Waals surface area contributed by atoms with E-state index in [2.05, 4.69) is 67.8 Å². The molecule has 1 saturated heterocycles. The van der Waals surface area contributed by atoms with Gasteiger partial charge in [0, 0.05) is 6.42 Å². The molecule has 0 aromatic heterocycles. The van der Waals surface area contributed by atoms with Gasteiger partial charge in [0.25, 0.3) is 0 Å². The zero-order valence-electron chi connectivity index (χ0n) is 37.7. The number of nitrogens with one attached hydrogen (secondary N) is 1. The molecule has 344 valence electrons. The summed E-state index contributed by atoms with van der Waals surface area (Å²) in [6, 6.07) is -0.733. The smallest absolute Gasteiger partial charge is 0.220 e. The molecule has 7 atom stereocenters. The van der Waals surface area contributed by atoms with E-state index in [1.54, 1.807) is 0 Å². The van der Waals surface area contributed by atoms with Gasteiger partial charge in [-0.2, -0.15) is 0 Å². The second kappa shape index (κ2) is 40.2. The number of hydrogen-bond acceptors (Lipinski definition) is 8. The Kier molecular flexibility index (Phi) is 37.6. The van der Waals surface area contributed by atoms with Crippen LogP contribution in [0.1, 0.15) is 206 Å². The van der Waals surface area contributed by atoms with Crippen molar-refractivity contribution >= 4 is 5.91 Å². The number of carbonyl (C=O) groups excluding carboxylic acids is 1. The van der Waals surface area contributed by atoms with Gasteiger partial charge >= 0.3 is 0 Å². The highest BCUT2D eigenvalue weighted by Gasteiger charge is 2.44. The molecule has 1 aliphatic heterocycles. The van der Waals surface area contributed by atoms with Gasteiger partial charge in [-0.3, -0.25) is 4.79 Å². The van der Waals surface area contributed by atoms with Crippen LogP contribution in [0.2, 0.25) is 0 Å². The second-order valence-electron chi connectivity index (χ2n) is 16.9. The lowest BCUT2D eigenvalue weighted by molar-refractivity contribution is -0.302. The van der Waals surface area contributed by atoms with E-state index in [-0.39, 0.29) is 12.5 Å².